The topological polar surface area (TPSA) is 52.6 Å². The van der Waals surface area contributed by atoms with E-state index < -0.39 is 5.97 Å². The predicted octanol–water partition coefficient (Wildman–Crippen LogP) is 2.96. The second-order valence-electron chi connectivity index (χ2n) is 4.12. The first-order chi connectivity index (χ1) is 9.71. The van der Waals surface area contributed by atoms with Crippen molar-refractivity contribution in [3.63, 3.8) is 0 Å². The lowest BCUT2D eigenvalue weighted by atomic mass is 10.00. The molecule has 0 aromatic heterocycles. The molecule has 20 heavy (non-hydrogen) atoms. The van der Waals surface area contributed by atoms with Gasteiger partial charge in [0.05, 0.1) is 14.2 Å². The molecule has 0 aliphatic heterocycles. The highest BCUT2D eigenvalue weighted by molar-refractivity contribution is 5.96. The van der Waals surface area contributed by atoms with Crippen molar-refractivity contribution in [1.29, 1.82) is 0 Å². The largest absolute Gasteiger partial charge is 0.495 e. The van der Waals surface area contributed by atoms with Gasteiger partial charge in [-0.2, -0.15) is 0 Å². The summed E-state index contributed by atoms with van der Waals surface area (Å²) in [6.45, 7) is 0. The van der Waals surface area contributed by atoms with Crippen molar-refractivity contribution in [3.05, 3.63) is 53.6 Å². The van der Waals surface area contributed by atoms with E-state index in [1.165, 1.54) is 14.2 Å². The van der Waals surface area contributed by atoms with Gasteiger partial charge in [-0.25, -0.2) is 4.79 Å². The van der Waals surface area contributed by atoms with E-state index in [1.54, 1.807) is 30.3 Å². The number of methoxy groups -OCH3 is 2. The normalized spacial score (nSPS) is 9.90. The molecule has 0 fully saturated rings. The number of aldehydes is 1. The monoisotopic (exact) mass is 270 g/mol. The van der Waals surface area contributed by atoms with Crippen LogP contribution in [-0.2, 0) is 4.74 Å². The van der Waals surface area contributed by atoms with Crippen LogP contribution in [0.2, 0.25) is 0 Å². The lowest BCUT2D eigenvalue weighted by Crippen LogP contribution is -2.05. The maximum atomic E-state index is 11.7. The van der Waals surface area contributed by atoms with Gasteiger partial charge in [-0.3, -0.25) is 4.79 Å². The molecule has 0 unspecified atom stereocenters. The fraction of sp³-hybridized carbons (Fsp3) is 0.125. The fourth-order valence-corrected chi connectivity index (χ4v) is 2.03. The van der Waals surface area contributed by atoms with E-state index in [1.807, 2.05) is 12.1 Å². The molecule has 2 aromatic rings. The first kappa shape index (κ1) is 13.8. The Bertz CT molecular complexity index is 647. The molecular weight excluding hydrogens is 256 g/mol. The summed E-state index contributed by atoms with van der Waals surface area (Å²) in [7, 11) is 2.82. The molecule has 2 rings (SSSR count). The van der Waals surface area contributed by atoms with Crippen LogP contribution in [0.15, 0.2) is 42.5 Å². The summed E-state index contributed by atoms with van der Waals surface area (Å²) in [5.74, 6) is -0.0300. The molecule has 0 heterocycles. The Kier molecular flexibility index (Phi) is 4.15. The number of carbonyl (C=O) groups is 2. The van der Waals surface area contributed by atoms with Crippen molar-refractivity contribution in [2.24, 2.45) is 0 Å². The summed E-state index contributed by atoms with van der Waals surface area (Å²) in [6.07, 6.45) is 0.778. The Morgan fingerprint density at radius 3 is 2.50 bits per heavy atom. The molecule has 0 bridgehead atoms. The zero-order valence-electron chi connectivity index (χ0n) is 11.3. The zero-order chi connectivity index (χ0) is 14.5. The quantitative estimate of drug-likeness (QED) is 0.633. The van der Waals surface area contributed by atoms with Crippen LogP contribution in [-0.4, -0.2) is 26.5 Å². The molecule has 0 atom stereocenters. The minimum absolute atomic E-state index is 0.351. The van der Waals surface area contributed by atoms with Crippen LogP contribution >= 0.6 is 0 Å². The predicted molar refractivity (Wildman–Crippen MR) is 75.2 cm³/mol. The van der Waals surface area contributed by atoms with E-state index in [2.05, 4.69) is 0 Å². The highest BCUT2D eigenvalue weighted by Gasteiger charge is 2.17. The number of hydrogen-bond donors (Lipinski definition) is 0. The molecule has 0 N–H and O–H groups in total. The molecule has 102 valence electrons. The molecule has 0 spiro atoms. The Morgan fingerprint density at radius 1 is 1.10 bits per heavy atom. The standard InChI is InChI=1S/C16H14O4/c1-19-15-13(7-4-8-14(15)16(18)20-2)12-6-3-5-11(9-12)10-17/h3-10H,1-2H3. The summed E-state index contributed by atoms with van der Waals surface area (Å²) in [5.41, 5.74) is 2.45. The molecule has 0 radical (unpaired) electrons. The molecule has 0 aliphatic carbocycles. The Hall–Kier alpha value is -2.62. The highest BCUT2D eigenvalue weighted by atomic mass is 16.5. The molecule has 4 heteroatoms. The SMILES string of the molecule is COC(=O)c1cccc(-c2cccc(C=O)c2)c1OC. The van der Waals surface area contributed by atoms with Gasteiger partial charge in [0.2, 0.25) is 0 Å². The van der Waals surface area contributed by atoms with Crippen LogP contribution in [0.1, 0.15) is 20.7 Å². The van der Waals surface area contributed by atoms with E-state index in [9.17, 15) is 9.59 Å². The van der Waals surface area contributed by atoms with Gasteiger partial charge in [-0.15, -0.1) is 0 Å². The van der Waals surface area contributed by atoms with Crippen LogP contribution in [0.25, 0.3) is 11.1 Å². The highest BCUT2D eigenvalue weighted by Crippen LogP contribution is 2.33. The second-order valence-corrected chi connectivity index (χ2v) is 4.12. The van der Waals surface area contributed by atoms with Crippen molar-refractivity contribution in [2.45, 2.75) is 0 Å². The summed E-state index contributed by atoms with van der Waals surface area (Å²) in [5, 5.41) is 0. The minimum Gasteiger partial charge on any atom is -0.495 e. The fourth-order valence-electron chi connectivity index (χ4n) is 2.03. The third-order valence-corrected chi connectivity index (χ3v) is 2.96. The smallest absolute Gasteiger partial charge is 0.341 e. The number of benzene rings is 2. The van der Waals surface area contributed by atoms with Crippen molar-refractivity contribution < 1.29 is 19.1 Å². The van der Waals surface area contributed by atoms with Gasteiger partial charge in [-0.05, 0) is 17.7 Å². The lowest BCUT2D eigenvalue weighted by molar-refractivity contribution is 0.0597. The van der Waals surface area contributed by atoms with Crippen molar-refractivity contribution in [3.8, 4) is 16.9 Å². The van der Waals surface area contributed by atoms with Gasteiger partial charge in [-0.1, -0.05) is 30.3 Å². The summed E-state index contributed by atoms with van der Waals surface area (Å²) in [4.78, 5) is 22.6. The zero-order valence-corrected chi connectivity index (χ0v) is 11.3. The maximum Gasteiger partial charge on any atom is 0.341 e. The van der Waals surface area contributed by atoms with Crippen LogP contribution in [0.3, 0.4) is 0 Å². The van der Waals surface area contributed by atoms with E-state index >= 15 is 0 Å². The number of esters is 1. The minimum atomic E-state index is -0.463. The average molecular weight is 270 g/mol. The molecule has 0 amide bonds. The average Bonchev–Trinajstić information content (AvgIpc) is 2.53. The number of ether oxygens (including phenoxy) is 2. The Morgan fingerprint density at radius 2 is 1.85 bits per heavy atom. The number of hydrogen-bond acceptors (Lipinski definition) is 4. The second kappa shape index (κ2) is 6.02. The van der Waals surface area contributed by atoms with Crippen LogP contribution in [0, 0.1) is 0 Å². The van der Waals surface area contributed by atoms with Crippen molar-refractivity contribution >= 4 is 12.3 Å². The van der Waals surface area contributed by atoms with Crippen LogP contribution < -0.4 is 4.74 Å². The van der Waals surface area contributed by atoms with Gasteiger partial charge in [0, 0.05) is 11.1 Å². The van der Waals surface area contributed by atoms with Gasteiger partial charge >= 0.3 is 5.97 Å². The Balaban J connectivity index is 2.61. The molecule has 2 aromatic carbocycles. The van der Waals surface area contributed by atoms with E-state index in [0.717, 1.165) is 17.4 Å². The van der Waals surface area contributed by atoms with Gasteiger partial charge in [0.15, 0.2) is 0 Å². The first-order valence-electron chi connectivity index (χ1n) is 6.02. The molecule has 0 saturated carbocycles. The van der Waals surface area contributed by atoms with E-state index in [4.69, 9.17) is 9.47 Å². The molecule has 4 nitrogen and oxygen atoms in total. The number of para-hydroxylation sites is 1. The number of carbonyl (C=O) groups excluding carboxylic acids is 2. The van der Waals surface area contributed by atoms with Gasteiger partial charge in [0.25, 0.3) is 0 Å². The number of rotatable bonds is 4. The maximum absolute atomic E-state index is 11.7. The molecular formula is C16H14O4. The van der Waals surface area contributed by atoms with Crippen molar-refractivity contribution in [2.75, 3.05) is 14.2 Å². The summed E-state index contributed by atoms with van der Waals surface area (Å²) >= 11 is 0. The Labute approximate surface area is 116 Å². The van der Waals surface area contributed by atoms with E-state index in [0.29, 0.717) is 16.9 Å². The van der Waals surface area contributed by atoms with Crippen molar-refractivity contribution in [1.82, 2.24) is 0 Å². The molecule has 0 aliphatic rings. The van der Waals surface area contributed by atoms with E-state index in [-0.39, 0.29) is 0 Å². The summed E-state index contributed by atoms with van der Waals surface area (Å²) in [6, 6.07) is 12.3. The third kappa shape index (κ3) is 2.54. The molecule has 0 saturated heterocycles. The summed E-state index contributed by atoms with van der Waals surface area (Å²) < 4.78 is 10.1. The lowest BCUT2D eigenvalue weighted by Gasteiger charge is -2.12. The first-order valence-corrected chi connectivity index (χ1v) is 6.02. The third-order valence-electron chi connectivity index (χ3n) is 2.96. The van der Waals surface area contributed by atoms with Gasteiger partial charge in [0.1, 0.15) is 17.6 Å². The van der Waals surface area contributed by atoms with Gasteiger partial charge < -0.3 is 9.47 Å². The van der Waals surface area contributed by atoms with Crippen LogP contribution in [0.4, 0.5) is 0 Å². The van der Waals surface area contributed by atoms with Crippen LogP contribution in [0.5, 0.6) is 5.75 Å².